The molecular weight excluding hydrogens is 154 g/mol. The number of pyridine rings is 1. The monoisotopic (exact) mass is 163 g/mol. The molecule has 0 radical (unpaired) electrons. The first-order valence-electron chi connectivity index (χ1n) is 3.32. The van der Waals surface area contributed by atoms with E-state index in [-0.39, 0.29) is 5.96 Å². The molecule has 0 saturated heterocycles. The lowest BCUT2D eigenvalue weighted by Gasteiger charge is -1.93. The fraction of sp³-hybridized carbons (Fsp3) is 0. The minimum absolute atomic E-state index is 0.180. The largest absolute Gasteiger partial charge is 0.369 e. The van der Waals surface area contributed by atoms with E-state index < -0.39 is 0 Å². The summed E-state index contributed by atoms with van der Waals surface area (Å²) in [5, 5.41) is 10.5. The summed E-state index contributed by atoms with van der Waals surface area (Å²) in [4.78, 5) is 3.84. The number of rotatable bonds is 2. The molecule has 1 aromatic rings. The molecule has 0 aliphatic rings. The van der Waals surface area contributed by atoms with Crippen LogP contribution in [0, 0.1) is 5.41 Å². The van der Waals surface area contributed by atoms with Crippen molar-refractivity contribution < 1.29 is 0 Å². The maximum absolute atomic E-state index is 6.80. The Morgan fingerprint density at radius 2 is 2.25 bits per heavy atom. The lowest BCUT2D eigenvalue weighted by atomic mass is 10.3. The van der Waals surface area contributed by atoms with Crippen molar-refractivity contribution in [2.24, 2.45) is 10.8 Å². The van der Waals surface area contributed by atoms with Gasteiger partial charge in [0.15, 0.2) is 0 Å². The number of hydrogen-bond donors (Lipinski definition) is 3. The molecule has 0 amide bonds. The third-order valence-electron chi connectivity index (χ3n) is 1.10. The van der Waals surface area contributed by atoms with Crippen LogP contribution in [0.1, 0.15) is 5.56 Å². The number of nitrogens with zero attached hydrogens (tertiary/aromatic N) is 2. The fourth-order valence-corrected chi connectivity index (χ4v) is 0.626. The van der Waals surface area contributed by atoms with Crippen LogP contribution < -0.4 is 11.2 Å². The molecule has 1 rings (SSSR count). The third-order valence-corrected chi connectivity index (χ3v) is 1.10. The van der Waals surface area contributed by atoms with Gasteiger partial charge in [-0.15, -0.1) is 0 Å². The van der Waals surface area contributed by atoms with E-state index in [2.05, 4.69) is 15.5 Å². The highest BCUT2D eigenvalue weighted by molar-refractivity contribution is 5.81. The third kappa shape index (κ3) is 2.78. The Morgan fingerprint density at radius 3 is 2.83 bits per heavy atom. The van der Waals surface area contributed by atoms with Gasteiger partial charge in [-0.3, -0.25) is 10.4 Å². The highest BCUT2D eigenvalue weighted by Crippen LogP contribution is 1.89. The molecule has 1 heterocycles. The molecule has 0 spiro atoms. The molecule has 0 saturated carbocycles. The lowest BCUT2D eigenvalue weighted by molar-refractivity contribution is 1.00. The molecule has 0 unspecified atom stereocenters. The summed E-state index contributed by atoms with van der Waals surface area (Å²) in [5.41, 5.74) is 8.21. The van der Waals surface area contributed by atoms with E-state index in [1.165, 1.54) is 0 Å². The topological polar surface area (TPSA) is 87.2 Å². The Morgan fingerprint density at radius 1 is 1.58 bits per heavy atom. The van der Waals surface area contributed by atoms with Gasteiger partial charge in [0.2, 0.25) is 5.96 Å². The van der Waals surface area contributed by atoms with Crippen molar-refractivity contribution in [2.45, 2.75) is 0 Å². The van der Waals surface area contributed by atoms with E-state index >= 15 is 0 Å². The zero-order chi connectivity index (χ0) is 8.81. The Hall–Kier alpha value is -1.91. The van der Waals surface area contributed by atoms with Crippen LogP contribution in [-0.4, -0.2) is 17.2 Å². The minimum Gasteiger partial charge on any atom is -0.369 e. The van der Waals surface area contributed by atoms with Crippen LogP contribution in [-0.2, 0) is 0 Å². The van der Waals surface area contributed by atoms with E-state index in [1.54, 1.807) is 30.7 Å². The Labute approximate surface area is 69.8 Å². The summed E-state index contributed by atoms with van der Waals surface area (Å²) >= 11 is 0. The van der Waals surface area contributed by atoms with Gasteiger partial charge in [-0.25, -0.2) is 5.43 Å². The molecule has 0 fully saturated rings. The van der Waals surface area contributed by atoms with Crippen LogP contribution >= 0.6 is 0 Å². The van der Waals surface area contributed by atoms with Crippen molar-refractivity contribution in [1.29, 1.82) is 5.41 Å². The molecular formula is C7H9N5. The Bertz CT molecular complexity index is 279. The van der Waals surface area contributed by atoms with Crippen molar-refractivity contribution in [2.75, 3.05) is 0 Å². The highest BCUT2D eigenvalue weighted by Gasteiger charge is 1.83. The molecule has 1 aromatic heterocycles. The van der Waals surface area contributed by atoms with Gasteiger partial charge in [-0.2, -0.15) is 5.10 Å². The van der Waals surface area contributed by atoms with Crippen molar-refractivity contribution in [1.82, 2.24) is 10.4 Å². The van der Waals surface area contributed by atoms with Gasteiger partial charge in [-0.1, -0.05) is 0 Å². The van der Waals surface area contributed by atoms with Crippen LogP contribution in [0.25, 0.3) is 0 Å². The van der Waals surface area contributed by atoms with Crippen molar-refractivity contribution in [3.63, 3.8) is 0 Å². The van der Waals surface area contributed by atoms with Crippen molar-refractivity contribution in [3.8, 4) is 0 Å². The summed E-state index contributed by atoms with van der Waals surface area (Å²) in [6, 6.07) is 3.59. The molecule has 4 N–H and O–H groups in total. The number of hydrogen-bond acceptors (Lipinski definition) is 3. The summed E-state index contributed by atoms with van der Waals surface area (Å²) in [6.45, 7) is 0. The smallest absolute Gasteiger partial charge is 0.206 e. The van der Waals surface area contributed by atoms with Gasteiger partial charge in [0.25, 0.3) is 0 Å². The molecule has 0 aliphatic carbocycles. The van der Waals surface area contributed by atoms with Crippen molar-refractivity contribution in [3.05, 3.63) is 30.1 Å². The summed E-state index contributed by atoms with van der Waals surface area (Å²) < 4.78 is 0. The van der Waals surface area contributed by atoms with Crippen LogP contribution in [0.5, 0.6) is 0 Å². The van der Waals surface area contributed by atoms with Crippen LogP contribution in [0.15, 0.2) is 29.6 Å². The standard InChI is InChI=1S/C7H9N5/c8-7(9)12-11-5-6-1-3-10-4-2-6/h1-5H,(H4,8,9,12)/b11-5+. The molecule has 0 bridgehead atoms. The second-order valence-electron chi connectivity index (χ2n) is 2.06. The Balaban J connectivity index is 2.52. The summed E-state index contributed by atoms with van der Waals surface area (Å²) in [6.07, 6.45) is 4.88. The maximum Gasteiger partial charge on any atom is 0.206 e. The van der Waals surface area contributed by atoms with E-state index in [4.69, 9.17) is 11.1 Å². The van der Waals surface area contributed by atoms with Crippen LogP contribution in [0.3, 0.4) is 0 Å². The lowest BCUT2D eigenvalue weighted by Crippen LogP contribution is -2.25. The van der Waals surface area contributed by atoms with Crippen LogP contribution in [0.2, 0.25) is 0 Å². The molecule has 0 aromatic carbocycles. The quantitative estimate of drug-likeness (QED) is 0.323. The predicted molar refractivity (Wildman–Crippen MR) is 46.9 cm³/mol. The second-order valence-corrected chi connectivity index (χ2v) is 2.06. The molecule has 0 aliphatic heterocycles. The van der Waals surface area contributed by atoms with Gasteiger partial charge in [0.1, 0.15) is 0 Å². The summed E-state index contributed by atoms with van der Waals surface area (Å²) in [7, 11) is 0. The SMILES string of the molecule is N=C(N)N/N=C/c1ccncc1. The number of guanidine groups is 1. The molecule has 12 heavy (non-hydrogen) atoms. The van der Waals surface area contributed by atoms with Crippen molar-refractivity contribution >= 4 is 12.2 Å². The summed E-state index contributed by atoms with van der Waals surface area (Å²) in [5.74, 6) is -0.180. The normalized spacial score (nSPS) is 10.0. The average molecular weight is 163 g/mol. The highest BCUT2D eigenvalue weighted by atomic mass is 15.3. The first-order chi connectivity index (χ1) is 5.79. The maximum atomic E-state index is 6.80. The number of hydrazone groups is 1. The van der Waals surface area contributed by atoms with E-state index in [0.29, 0.717) is 0 Å². The number of aromatic nitrogens is 1. The van der Waals surface area contributed by atoms with Gasteiger partial charge in [-0.05, 0) is 17.7 Å². The number of nitrogens with one attached hydrogen (secondary N) is 2. The first-order valence-corrected chi connectivity index (χ1v) is 3.32. The number of nitrogens with two attached hydrogens (primary N) is 1. The fourth-order valence-electron chi connectivity index (χ4n) is 0.626. The zero-order valence-electron chi connectivity index (χ0n) is 6.36. The van der Waals surface area contributed by atoms with Gasteiger partial charge in [0.05, 0.1) is 6.21 Å². The zero-order valence-corrected chi connectivity index (χ0v) is 6.36. The average Bonchev–Trinajstić information content (AvgIpc) is 2.05. The molecule has 62 valence electrons. The molecule has 5 heteroatoms. The Kier molecular flexibility index (Phi) is 2.78. The van der Waals surface area contributed by atoms with E-state index in [9.17, 15) is 0 Å². The van der Waals surface area contributed by atoms with Gasteiger partial charge >= 0.3 is 0 Å². The van der Waals surface area contributed by atoms with E-state index in [1.807, 2.05) is 0 Å². The molecule has 5 nitrogen and oxygen atoms in total. The first kappa shape index (κ1) is 8.19. The van der Waals surface area contributed by atoms with Crippen LogP contribution in [0.4, 0.5) is 0 Å². The molecule has 0 atom stereocenters. The van der Waals surface area contributed by atoms with Gasteiger partial charge in [0, 0.05) is 12.4 Å². The minimum atomic E-state index is -0.180. The second kappa shape index (κ2) is 4.07. The predicted octanol–water partition coefficient (Wildman–Crippen LogP) is -0.101. The van der Waals surface area contributed by atoms with Gasteiger partial charge < -0.3 is 5.73 Å². The van der Waals surface area contributed by atoms with E-state index in [0.717, 1.165) is 5.56 Å².